The minimum Gasteiger partial charge on any atom is -0.368 e. The third-order valence-corrected chi connectivity index (χ3v) is 6.85. The van der Waals surface area contributed by atoms with Crippen molar-refractivity contribution in [2.45, 2.75) is 57.1 Å². The van der Waals surface area contributed by atoms with Gasteiger partial charge in [0.05, 0.1) is 17.2 Å². The fourth-order valence-electron chi connectivity index (χ4n) is 4.85. The quantitative estimate of drug-likeness (QED) is 0.780. The molecule has 2 heterocycles. The van der Waals surface area contributed by atoms with Gasteiger partial charge in [-0.1, -0.05) is 12.1 Å². The number of ether oxygens (including phenoxy) is 1. The molecule has 1 atom stereocenters. The summed E-state index contributed by atoms with van der Waals surface area (Å²) in [6.07, 6.45) is 8.25. The van der Waals surface area contributed by atoms with Crippen LogP contribution in [0.5, 0.6) is 0 Å². The maximum Gasteiger partial charge on any atom is 0.249 e. The van der Waals surface area contributed by atoms with Crippen molar-refractivity contribution in [1.29, 1.82) is 0 Å². The van der Waals surface area contributed by atoms with Crippen molar-refractivity contribution in [3.63, 3.8) is 0 Å². The summed E-state index contributed by atoms with van der Waals surface area (Å²) in [5.74, 6) is 2.05. The Labute approximate surface area is 172 Å². The summed E-state index contributed by atoms with van der Waals surface area (Å²) >= 11 is 0. The molecule has 29 heavy (non-hydrogen) atoms. The molecular formula is C23H30N4O2. The number of para-hydroxylation sites is 2. The molecule has 3 aliphatic rings. The molecule has 1 aromatic heterocycles. The number of anilines is 1. The SMILES string of the molecule is CCOC(C(=O)NC1(C2CCN(c3cnc4ccccc4n3)CC2)CC1)C1CC1. The van der Waals surface area contributed by atoms with Crippen LogP contribution in [0.2, 0.25) is 0 Å². The highest BCUT2D eigenvalue weighted by Gasteiger charge is 2.52. The van der Waals surface area contributed by atoms with Crippen molar-refractivity contribution in [1.82, 2.24) is 15.3 Å². The molecule has 2 aliphatic carbocycles. The van der Waals surface area contributed by atoms with Crippen molar-refractivity contribution in [3.05, 3.63) is 30.5 Å². The molecule has 2 aromatic rings. The zero-order valence-electron chi connectivity index (χ0n) is 17.1. The second-order valence-electron chi connectivity index (χ2n) is 8.84. The van der Waals surface area contributed by atoms with E-state index in [-0.39, 0.29) is 17.6 Å². The van der Waals surface area contributed by atoms with Crippen LogP contribution in [0.15, 0.2) is 30.5 Å². The largest absolute Gasteiger partial charge is 0.368 e. The molecule has 2 saturated carbocycles. The Morgan fingerprint density at radius 2 is 1.93 bits per heavy atom. The Hall–Kier alpha value is -2.21. The summed E-state index contributed by atoms with van der Waals surface area (Å²) in [6.45, 7) is 4.51. The van der Waals surface area contributed by atoms with Gasteiger partial charge in [-0.05, 0) is 69.4 Å². The van der Waals surface area contributed by atoms with Crippen molar-refractivity contribution in [2.75, 3.05) is 24.6 Å². The van der Waals surface area contributed by atoms with E-state index in [4.69, 9.17) is 9.72 Å². The predicted molar refractivity (Wildman–Crippen MR) is 113 cm³/mol. The molecule has 3 fully saturated rings. The molecule has 6 heteroatoms. The third-order valence-electron chi connectivity index (χ3n) is 6.85. The molecular weight excluding hydrogens is 364 g/mol. The summed E-state index contributed by atoms with van der Waals surface area (Å²) < 4.78 is 5.76. The van der Waals surface area contributed by atoms with Crippen LogP contribution in [-0.2, 0) is 9.53 Å². The number of hydrogen-bond acceptors (Lipinski definition) is 5. The van der Waals surface area contributed by atoms with Crippen LogP contribution in [0.1, 0.15) is 45.4 Å². The van der Waals surface area contributed by atoms with E-state index in [9.17, 15) is 4.79 Å². The van der Waals surface area contributed by atoms with Gasteiger partial charge >= 0.3 is 0 Å². The van der Waals surface area contributed by atoms with E-state index in [2.05, 4.69) is 15.2 Å². The smallest absolute Gasteiger partial charge is 0.249 e. The lowest BCUT2D eigenvalue weighted by Crippen LogP contribution is -2.51. The molecule has 6 nitrogen and oxygen atoms in total. The van der Waals surface area contributed by atoms with Gasteiger partial charge in [0, 0.05) is 25.2 Å². The normalized spacial score (nSPS) is 22.4. The fourth-order valence-corrected chi connectivity index (χ4v) is 4.85. The Balaban J connectivity index is 1.21. The molecule has 5 rings (SSSR count). The van der Waals surface area contributed by atoms with Gasteiger partial charge in [-0.25, -0.2) is 4.98 Å². The topological polar surface area (TPSA) is 67.3 Å². The van der Waals surface area contributed by atoms with Crippen LogP contribution < -0.4 is 10.2 Å². The van der Waals surface area contributed by atoms with Gasteiger partial charge in [-0.15, -0.1) is 0 Å². The number of carbonyl (C=O) groups excluding carboxylic acids is 1. The fraction of sp³-hybridized carbons (Fsp3) is 0.609. The molecule has 1 unspecified atom stereocenters. The number of nitrogens with one attached hydrogen (secondary N) is 1. The summed E-state index contributed by atoms with van der Waals surface area (Å²) in [5.41, 5.74) is 1.88. The monoisotopic (exact) mass is 394 g/mol. The van der Waals surface area contributed by atoms with Gasteiger partial charge in [-0.2, -0.15) is 0 Å². The van der Waals surface area contributed by atoms with Crippen molar-refractivity contribution in [3.8, 4) is 0 Å². The lowest BCUT2D eigenvalue weighted by molar-refractivity contribution is -0.135. The lowest BCUT2D eigenvalue weighted by Gasteiger charge is -2.37. The van der Waals surface area contributed by atoms with Crippen molar-refractivity contribution >= 4 is 22.8 Å². The number of hydrogen-bond donors (Lipinski definition) is 1. The molecule has 1 aromatic carbocycles. The van der Waals surface area contributed by atoms with Crippen molar-refractivity contribution < 1.29 is 9.53 Å². The molecule has 0 bridgehead atoms. The lowest BCUT2D eigenvalue weighted by atomic mass is 9.87. The predicted octanol–water partition coefficient (Wildman–Crippen LogP) is 3.31. The van der Waals surface area contributed by atoms with E-state index in [1.165, 1.54) is 0 Å². The standard InChI is InChI=1S/C23H30N4O2/c1-2-29-21(16-7-8-16)22(28)26-23(11-12-23)17-9-13-27(14-10-17)20-15-24-18-5-3-4-6-19(18)25-20/h3-6,15-17,21H,2,7-14H2,1H3,(H,26,28). The van der Waals surface area contributed by atoms with E-state index in [1.54, 1.807) is 0 Å². The molecule has 1 N–H and O–H groups in total. The van der Waals surface area contributed by atoms with Gasteiger partial charge < -0.3 is 15.0 Å². The number of fused-ring (bicyclic) bond motifs is 1. The number of benzene rings is 1. The second kappa shape index (κ2) is 7.56. The summed E-state index contributed by atoms with van der Waals surface area (Å²) in [6, 6.07) is 8.01. The number of rotatable bonds is 7. The maximum absolute atomic E-state index is 12.9. The van der Waals surface area contributed by atoms with Gasteiger partial charge in [-0.3, -0.25) is 9.78 Å². The van der Waals surface area contributed by atoms with E-state index >= 15 is 0 Å². The van der Waals surface area contributed by atoms with E-state index in [0.29, 0.717) is 18.4 Å². The molecule has 1 saturated heterocycles. The number of carbonyl (C=O) groups is 1. The average Bonchev–Trinajstić information content (AvgIpc) is 3.68. The van der Waals surface area contributed by atoms with E-state index in [0.717, 1.165) is 68.5 Å². The average molecular weight is 395 g/mol. The summed E-state index contributed by atoms with van der Waals surface area (Å²) in [5, 5.41) is 3.41. The van der Waals surface area contributed by atoms with Crippen molar-refractivity contribution in [2.24, 2.45) is 11.8 Å². The Bertz CT molecular complexity index is 885. The van der Waals surface area contributed by atoms with Crippen LogP contribution in [-0.4, -0.2) is 47.2 Å². The first-order valence-electron chi connectivity index (χ1n) is 11.1. The molecule has 1 amide bonds. The van der Waals surface area contributed by atoms with E-state index in [1.807, 2.05) is 37.4 Å². The van der Waals surface area contributed by atoms with Gasteiger partial charge in [0.2, 0.25) is 5.91 Å². The third kappa shape index (κ3) is 3.82. The zero-order valence-corrected chi connectivity index (χ0v) is 17.1. The highest BCUT2D eigenvalue weighted by Crippen LogP contribution is 2.47. The second-order valence-corrected chi connectivity index (χ2v) is 8.84. The zero-order chi connectivity index (χ0) is 19.8. The van der Waals surface area contributed by atoms with Gasteiger partial charge in [0.15, 0.2) is 0 Å². The molecule has 0 radical (unpaired) electrons. The number of piperidine rings is 1. The highest BCUT2D eigenvalue weighted by molar-refractivity contribution is 5.82. The number of aromatic nitrogens is 2. The van der Waals surface area contributed by atoms with E-state index < -0.39 is 0 Å². The van der Waals surface area contributed by atoms with Gasteiger partial charge in [0.25, 0.3) is 0 Å². The van der Waals surface area contributed by atoms with Crippen LogP contribution in [0.25, 0.3) is 11.0 Å². The number of nitrogens with zero attached hydrogens (tertiary/aromatic N) is 3. The van der Waals surface area contributed by atoms with Crippen LogP contribution >= 0.6 is 0 Å². The molecule has 0 spiro atoms. The highest BCUT2D eigenvalue weighted by atomic mass is 16.5. The van der Waals surface area contributed by atoms with Crippen LogP contribution in [0.3, 0.4) is 0 Å². The van der Waals surface area contributed by atoms with Crippen LogP contribution in [0.4, 0.5) is 5.82 Å². The first-order chi connectivity index (χ1) is 14.2. The molecule has 1 aliphatic heterocycles. The summed E-state index contributed by atoms with van der Waals surface area (Å²) in [7, 11) is 0. The summed E-state index contributed by atoms with van der Waals surface area (Å²) in [4.78, 5) is 24.6. The Morgan fingerprint density at radius 1 is 1.21 bits per heavy atom. The first-order valence-corrected chi connectivity index (χ1v) is 11.1. The Morgan fingerprint density at radius 3 is 2.59 bits per heavy atom. The first kappa shape index (κ1) is 18.8. The minimum atomic E-state index is -0.245. The number of amides is 1. The van der Waals surface area contributed by atoms with Crippen LogP contribution in [0, 0.1) is 11.8 Å². The maximum atomic E-state index is 12.9. The minimum absolute atomic E-state index is 0.00246. The Kier molecular flexibility index (Phi) is 4.90. The molecule has 154 valence electrons. The van der Waals surface area contributed by atoms with Gasteiger partial charge in [0.1, 0.15) is 11.9 Å².